The zero-order valence-electron chi connectivity index (χ0n) is 17.6. The van der Waals surface area contributed by atoms with Gasteiger partial charge in [-0.15, -0.1) is 0 Å². The molecule has 0 radical (unpaired) electrons. The van der Waals surface area contributed by atoms with Crippen molar-refractivity contribution in [1.82, 2.24) is 20.1 Å². The highest BCUT2D eigenvalue weighted by molar-refractivity contribution is 5.92. The van der Waals surface area contributed by atoms with Crippen molar-refractivity contribution in [3.05, 3.63) is 76.6 Å². The van der Waals surface area contributed by atoms with E-state index < -0.39 is 0 Å². The number of pyridine rings is 1. The summed E-state index contributed by atoms with van der Waals surface area (Å²) in [6, 6.07) is 20.2. The third kappa shape index (κ3) is 3.86. The number of benzene rings is 2. The van der Waals surface area contributed by atoms with Crippen molar-refractivity contribution in [1.29, 1.82) is 0 Å². The van der Waals surface area contributed by atoms with Gasteiger partial charge in [-0.25, -0.2) is 4.68 Å². The zero-order chi connectivity index (χ0) is 21.2. The molecule has 31 heavy (non-hydrogen) atoms. The van der Waals surface area contributed by atoms with E-state index in [1.54, 1.807) is 7.11 Å². The first-order valence-corrected chi connectivity index (χ1v) is 10.8. The van der Waals surface area contributed by atoms with E-state index in [1.165, 1.54) is 25.7 Å². The largest absolute Gasteiger partial charge is 0.497 e. The lowest BCUT2D eigenvalue weighted by atomic mass is 10.1. The van der Waals surface area contributed by atoms with E-state index in [-0.39, 0.29) is 5.56 Å². The SMILES string of the molecule is COc1ccc(-c2nn(-c3ccccc3)c3[nH]c(=O)c(CNC4CCCC4)cc23)cc1. The van der Waals surface area contributed by atoms with Crippen LogP contribution >= 0.6 is 0 Å². The fraction of sp³-hybridized carbons (Fsp3) is 0.280. The Labute approximate surface area is 180 Å². The average Bonchev–Trinajstić information content (AvgIpc) is 3.46. The highest BCUT2D eigenvalue weighted by Crippen LogP contribution is 2.30. The molecule has 0 amide bonds. The summed E-state index contributed by atoms with van der Waals surface area (Å²) >= 11 is 0. The number of aromatic amines is 1. The summed E-state index contributed by atoms with van der Waals surface area (Å²) in [4.78, 5) is 16.0. The molecular formula is C25H26N4O2. The third-order valence-electron chi connectivity index (χ3n) is 6.06. The molecule has 0 atom stereocenters. The van der Waals surface area contributed by atoms with Gasteiger partial charge in [0.15, 0.2) is 0 Å². The topological polar surface area (TPSA) is 71.9 Å². The van der Waals surface area contributed by atoms with Crippen molar-refractivity contribution in [2.75, 3.05) is 7.11 Å². The van der Waals surface area contributed by atoms with Gasteiger partial charge >= 0.3 is 0 Å². The molecule has 0 saturated heterocycles. The summed E-state index contributed by atoms with van der Waals surface area (Å²) in [6.07, 6.45) is 4.89. The van der Waals surface area contributed by atoms with Gasteiger partial charge in [0.1, 0.15) is 17.1 Å². The minimum Gasteiger partial charge on any atom is -0.497 e. The lowest BCUT2D eigenvalue weighted by molar-refractivity contribution is 0.415. The van der Waals surface area contributed by atoms with E-state index in [0.29, 0.717) is 18.2 Å². The van der Waals surface area contributed by atoms with Crippen LogP contribution in [0.3, 0.4) is 0 Å². The molecule has 6 nitrogen and oxygen atoms in total. The molecule has 0 unspecified atom stereocenters. The molecule has 1 fully saturated rings. The molecule has 0 aliphatic heterocycles. The number of methoxy groups -OCH3 is 1. The van der Waals surface area contributed by atoms with Gasteiger partial charge in [0.25, 0.3) is 5.56 Å². The number of para-hydroxylation sites is 1. The van der Waals surface area contributed by atoms with Crippen LogP contribution in [-0.2, 0) is 6.54 Å². The standard InChI is InChI=1S/C25H26N4O2/c1-31-21-13-11-17(12-14-21)23-22-15-18(16-26-19-7-5-6-8-19)25(30)27-24(22)29(28-23)20-9-3-2-4-10-20/h2-4,9-15,19,26H,5-8,16H2,1H3,(H,27,30). The highest BCUT2D eigenvalue weighted by Gasteiger charge is 2.18. The lowest BCUT2D eigenvalue weighted by Crippen LogP contribution is -2.28. The molecule has 2 aromatic carbocycles. The van der Waals surface area contributed by atoms with Gasteiger partial charge in [-0.1, -0.05) is 31.0 Å². The minimum absolute atomic E-state index is 0.0728. The Balaban J connectivity index is 1.62. The maximum atomic E-state index is 12.9. The molecule has 0 spiro atoms. The van der Waals surface area contributed by atoms with Gasteiger partial charge in [-0.2, -0.15) is 5.10 Å². The van der Waals surface area contributed by atoms with Crippen molar-refractivity contribution in [2.45, 2.75) is 38.3 Å². The van der Waals surface area contributed by atoms with Crippen LogP contribution in [0.4, 0.5) is 0 Å². The number of ether oxygens (including phenoxy) is 1. The van der Waals surface area contributed by atoms with Gasteiger partial charge in [-0.05, 0) is 55.3 Å². The number of nitrogens with one attached hydrogen (secondary N) is 2. The zero-order valence-corrected chi connectivity index (χ0v) is 17.6. The van der Waals surface area contributed by atoms with E-state index in [1.807, 2.05) is 65.3 Å². The van der Waals surface area contributed by atoms with Crippen LogP contribution in [0.15, 0.2) is 65.5 Å². The Morgan fingerprint density at radius 3 is 2.55 bits per heavy atom. The number of nitrogens with zero attached hydrogens (tertiary/aromatic N) is 2. The average molecular weight is 415 g/mol. The molecule has 6 heteroatoms. The number of rotatable bonds is 6. The van der Waals surface area contributed by atoms with E-state index >= 15 is 0 Å². The van der Waals surface area contributed by atoms with Gasteiger partial charge in [-0.3, -0.25) is 4.79 Å². The molecule has 1 aliphatic rings. The third-order valence-corrected chi connectivity index (χ3v) is 6.06. The van der Waals surface area contributed by atoms with Gasteiger partial charge in [0.05, 0.1) is 12.8 Å². The minimum atomic E-state index is -0.0728. The fourth-order valence-corrected chi connectivity index (χ4v) is 4.35. The van der Waals surface area contributed by atoms with Crippen molar-refractivity contribution in [3.8, 4) is 22.7 Å². The highest BCUT2D eigenvalue weighted by atomic mass is 16.5. The molecule has 158 valence electrons. The Kier molecular flexibility index (Phi) is 5.30. The summed E-state index contributed by atoms with van der Waals surface area (Å²) in [7, 11) is 1.66. The van der Waals surface area contributed by atoms with Crippen molar-refractivity contribution in [3.63, 3.8) is 0 Å². The normalized spacial score (nSPS) is 14.4. The molecular weight excluding hydrogens is 388 g/mol. The van der Waals surface area contributed by atoms with Gasteiger partial charge in [0, 0.05) is 29.1 Å². The van der Waals surface area contributed by atoms with E-state index in [2.05, 4.69) is 10.3 Å². The Morgan fingerprint density at radius 1 is 1.10 bits per heavy atom. The van der Waals surface area contributed by atoms with Crippen LogP contribution in [0.25, 0.3) is 28.0 Å². The number of hydrogen-bond donors (Lipinski definition) is 2. The first-order chi connectivity index (χ1) is 15.2. The Hall–Kier alpha value is -3.38. The summed E-state index contributed by atoms with van der Waals surface area (Å²) in [5.74, 6) is 0.797. The summed E-state index contributed by atoms with van der Waals surface area (Å²) in [5.41, 5.74) is 4.08. The molecule has 2 aromatic heterocycles. The lowest BCUT2D eigenvalue weighted by Gasteiger charge is -2.11. The Bertz CT molecular complexity index is 1240. The van der Waals surface area contributed by atoms with E-state index in [9.17, 15) is 4.79 Å². The molecule has 1 aliphatic carbocycles. The van der Waals surface area contributed by atoms with Crippen LogP contribution in [0, 0.1) is 0 Å². The molecule has 0 bridgehead atoms. The fourth-order valence-electron chi connectivity index (χ4n) is 4.35. The van der Waals surface area contributed by atoms with Crippen LogP contribution < -0.4 is 15.6 Å². The van der Waals surface area contributed by atoms with Crippen LogP contribution in [0.5, 0.6) is 5.75 Å². The number of aromatic nitrogens is 3. The Morgan fingerprint density at radius 2 is 1.84 bits per heavy atom. The van der Waals surface area contributed by atoms with Crippen LogP contribution in [0.2, 0.25) is 0 Å². The van der Waals surface area contributed by atoms with Gasteiger partial charge < -0.3 is 15.0 Å². The molecule has 5 rings (SSSR count). The predicted octanol–water partition coefficient (Wildman–Crippen LogP) is 4.42. The monoisotopic (exact) mass is 414 g/mol. The number of hydrogen-bond acceptors (Lipinski definition) is 4. The second-order valence-electron chi connectivity index (χ2n) is 8.07. The number of H-pyrrole nitrogens is 1. The van der Waals surface area contributed by atoms with Gasteiger partial charge in [0.2, 0.25) is 0 Å². The first-order valence-electron chi connectivity index (χ1n) is 10.8. The van der Waals surface area contributed by atoms with Crippen molar-refractivity contribution < 1.29 is 4.74 Å². The maximum Gasteiger partial charge on any atom is 0.254 e. The van der Waals surface area contributed by atoms with Crippen LogP contribution in [0.1, 0.15) is 31.2 Å². The molecule has 1 saturated carbocycles. The maximum absolute atomic E-state index is 12.9. The number of fused-ring (bicyclic) bond motifs is 1. The smallest absolute Gasteiger partial charge is 0.254 e. The summed E-state index contributed by atoms with van der Waals surface area (Å²) in [5, 5.41) is 9.37. The van der Waals surface area contributed by atoms with E-state index in [0.717, 1.165) is 33.6 Å². The summed E-state index contributed by atoms with van der Waals surface area (Å²) < 4.78 is 7.11. The first kappa shape index (κ1) is 19.6. The predicted molar refractivity (Wildman–Crippen MR) is 123 cm³/mol. The van der Waals surface area contributed by atoms with E-state index in [4.69, 9.17) is 9.84 Å². The molecule has 2 heterocycles. The molecule has 2 N–H and O–H groups in total. The summed E-state index contributed by atoms with van der Waals surface area (Å²) in [6.45, 7) is 0.564. The molecule has 4 aromatic rings. The van der Waals surface area contributed by atoms with Crippen molar-refractivity contribution in [2.24, 2.45) is 0 Å². The second-order valence-corrected chi connectivity index (χ2v) is 8.07. The van der Waals surface area contributed by atoms with Crippen LogP contribution in [-0.4, -0.2) is 27.9 Å². The second kappa shape index (κ2) is 8.40. The quantitative estimate of drug-likeness (QED) is 0.490. The van der Waals surface area contributed by atoms with Crippen molar-refractivity contribution >= 4 is 11.0 Å².